The van der Waals surface area contributed by atoms with Gasteiger partial charge in [-0.1, -0.05) is 43.3 Å². The predicted molar refractivity (Wildman–Crippen MR) is 62.3 cm³/mol. The van der Waals surface area contributed by atoms with Crippen LogP contribution in [0.1, 0.15) is 24.5 Å². The lowest BCUT2D eigenvalue weighted by Crippen LogP contribution is -2.14. The second kappa shape index (κ2) is 5.48. The van der Waals surface area contributed by atoms with E-state index in [1.54, 1.807) is 0 Å². The molecule has 1 rings (SSSR count). The van der Waals surface area contributed by atoms with Gasteiger partial charge in [0.15, 0.2) is 0 Å². The lowest BCUT2D eigenvalue weighted by atomic mass is 10.1. The highest BCUT2D eigenvalue weighted by atomic mass is 14.9. The molecule has 0 aliphatic rings. The molecule has 14 heavy (non-hydrogen) atoms. The van der Waals surface area contributed by atoms with Gasteiger partial charge in [0.25, 0.3) is 0 Å². The summed E-state index contributed by atoms with van der Waals surface area (Å²) in [5, 5.41) is 3.30. The van der Waals surface area contributed by atoms with Gasteiger partial charge in [-0.05, 0) is 18.9 Å². The smallest absolute Gasteiger partial charge is 0.0141 e. The molecule has 0 aliphatic heterocycles. The summed E-state index contributed by atoms with van der Waals surface area (Å²) in [4.78, 5) is 0. The fourth-order valence-corrected chi connectivity index (χ4v) is 1.32. The average Bonchev–Trinajstić information content (AvgIpc) is 2.18. The lowest BCUT2D eigenvalue weighted by Gasteiger charge is -2.08. The Kier molecular flexibility index (Phi) is 4.24. The Morgan fingerprint density at radius 3 is 2.50 bits per heavy atom. The molecule has 1 heteroatoms. The predicted octanol–water partition coefficient (Wildman–Crippen LogP) is 3.05. The zero-order chi connectivity index (χ0) is 10.4. The lowest BCUT2D eigenvalue weighted by molar-refractivity contribution is 0.752. The van der Waals surface area contributed by atoms with Crippen molar-refractivity contribution < 1.29 is 0 Å². The van der Waals surface area contributed by atoms with Crippen LogP contribution in [0, 0.1) is 6.92 Å². The normalized spacial score (nSPS) is 9.86. The van der Waals surface area contributed by atoms with Gasteiger partial charge in [-0.3, -0.25) is 0 Å². The number of hydrogen-bond donors (Lipinski definition) is 1. The van der Waals surface area contributed by atoms with Crippen molar-refractivity contribution in [2.45, 2.75) is 26.7 Å². The van der Waals surface area contributed by atoms with Gasteiger partial charge in [-0.2, -0.15) is 0 Å². The van der Waals surface area contributed by atoms with Crippen LogP contribution in [0.5, 0.6) is 0 Å². The Morgan fingerprint density at radius 2 is 1.93 bits per heavy atom. The highest BCUT2D eigenvalue weighted by Gasteiger charge is 1.95. The van der Waals surface area contributed by atoms with E-state index in [0.717, 1.165) is 25.1 Å². The van der Waals surface area contributed by atoms with Crippen molar-refractivity contribution in [1.82, 2.24) is 5.32 Å². The first-order valence-electron chi connectivity index (χ1n) is 5.19. The quantitative estimate of drug-likeness (QED) is 0.750. The van der Waals surface area contributed by atoms with E-state index in [9.17, 15) is 0 Å². The SMILES string of the molecule is C=C(Cc1ccc(C)cc1)NCCC. The molecule has 1 nitrogen and oxygen atoms in total. The van der Waals surface area contributed by atoms with Crippen LogP contribution in [0.15, 0.2) is 36.5 Å². The minimum atomic E-state index is 0.931. The van der Waals surface area contributed by atoms with E-state index in [2.05, 4.69) is 50.0 Å². The van der Waals surface area contributed by atoms with Gasteiger partial charge in [-0.25, -0.2) is 0 Å². The largest absolute Gasteiger partial charge is 0.389 e. The topological polar surface area (TPSA) is 12.0 Å². The third-order valence-corrected chi connectivity index (χ3v) is 2.16. The summed E-state index contributed by atoms with van der Waals surface area (Å²) in [6.07, 6.45) is 2.08. The molecule has 0 spiro atoms. The maximum absolute atomic E-state index is 4.00. The molecule has 1 aromatic carbocycles. The van der Waals surface area contributed by atoms with Crippen LogP contribution in [-0.2, 0) is 6.42 Å². The van der Waals surface area contributed by atoms with Crippen LogP contribution in [0.25, 0.3) is 0 Å². The van der Waals surface area contributed by atoms with E-state index < -0.39 is 0 Å². The van der Waals surface area contributed by atoms with Crippen molar-refractivity contribution in [2.75, 3.05) is 6.54 Å². The minimum absolute atomic E-state index is 0.931. The molecule has 0 fully saturated rings. The molecular formula is C13H19N. The first-order valence-corrected chi connectivity index (χ1v) is 5.19. The number of nitrogens with one attached hydrogen (secondary N) is 1. The summed E-state index contributed by atoms with van der Waals surface area (Å²) in [7, 11) is 0. The maximum atomic E-state index is 4.00. The molecule has 1 aromatic rings. The number of aryl methyl sites for hydroxylation is 1. The van der Waals surface area contributed by atoms with Gasteiger partial charge in [0.2, 0.25) is 0 Å². The molecule has 0 heterocycles. The van der Waals surface area contributed by atoms with Crippen molar-refractivity contribution in [1.29, 1.82) is 0 Å². The fourth-order valence-electron chi connectivity index (χ4n) is 1.32. The first-order chi connectivity index (χ1) is 6.72. The highest BCUT2D eigenvalue weighted by Crippen LogP contribution is 2.06. The van der Waals surface area contributed by atoms with Gasteiger partial charge >= 0.3 is 0 Å². The van der Waals surface area contributed by atoms with Crippen LogP contribution in [-0.4, -0.2) is 6.54 Å². The van der Waals surface area contributed by atoms with E-state index in [4.69, 9.17) is 0 Å². The molecule has 0 saturated carbocycles. The van der Waals surface area contributed by atoms with Crippen molar-refractivity contribution in [3.05, 3.63) is 47.7 Å². The van der Waals surface area contributed by atoms with Gasteiger partial charge in [0.05, 0.1) is 0 Å². The standard InChI is InChI=1S/C13H19N/c1-4-9-14-12(3)10-13-7-5-11(2)6-8-13/h5-8,14H,3-4,9-10H2,1-2H3. The molecular weight excluding hydrogens is 170 g/mol. The summed E-state index contributed by atoms with van der Waals surface area (Å²) in [6, 6.07) is 8.60. The van der Waals surface area contributed by atoms with Crippen molar-refractivity contribution in [3.63, 3.8) is 0 Å². The molecule has 0 unspecified atom stereocenters. The van der Waals surface area contributed by atoms with Crippen LogP contribution >= 0.6 is 0 Å². The van der Waals surface area contributed by atoms with E-state index in [1.807, 2.05) is 0 Å². The molecule has 0 radical (unpaired) electrons. The summed E-state index contributed by atoms with van der Waals surface area (Å²) < 4.78 is 0. The van der Waals surface area contributed by atoms with Crippen molar-refractivity contribution >= 4 is 0 Å². The van der Waals surface area contributed by atoms with E-state index in [0.29, 0.717) is 0 Å². The third kappa shape index (κ3) is 3.65. The third-order valence-electron chi connectivity index (χ3n) is 2.16. The van der Waals surface area contributed by atoms with Gasteiger partial charge in [0, 0.05) is 18.7 Å². The van der Waals surface area contributed by atoms with Crippen LogP contribution in [0.3, 0.4) is 0 Å². The van der Waals surface area contributed by atoms with E-state index in [1.165, 1.54) is 11.1 Å². The zero-order valence-electron chi connectivity index (χ0n) is 9.14. The second-order valence-electron chi connectivity index (χ2n) is 3.69. The Hall–Kier alpha value is -1.24. The molecule has 76 valence electrons. The van der Waals surface area contributed by atoms with Crippen LogP contribution in [0.4, 0.5) is 0 Å². The first kappa shape index (κ1) is 10.8. The summed E-state index contributed by atoms with van der Waals surface area (Å²) in [6.45, 7) is 9.28. The monoisotopic (exact) mass is 189 g/mol. The molecule has 1 N–H and O–H groups in total. The Morgan fingerprint density at radius 1 is 1.29 bits per heavy atom. The number of rotatable bonds is 5. The molecule has 0 aromatic heterocycles. The number of allylic oxidation sites excluding steroid dienone is 1. The van der Waals surface area contributed by atoms with Crippen LogP contribution < -0.4 is 5.32 Å². The Labute approximate surface area is 86.8 Å². The average molecular weight is 189 g/mol. The van der Waals surface area contributed by atoms with Crippen LogP contribution in [0.2, 0.25) is 0 Å². The second-order valence-corrected chi connectivity index (χ2v) is 3.69. The fraction of sp³-hybridized carbons (Fsp3) is 0.385. The van der Waals surface area contributed by atoms with Gasteiger partial charge in [-0.15, -0.1) is 0 Å². The number of benzene rings is 1. The Bertz CT molecular complexity index is 285. The molecule has 0 bridgehead atoms. The summed E-state index contributed by atoms with van der Waals surface area (Å²) in [5.74, 6) is 0. The molecule has 0 saturated heterocycles. The van der Waals surface area contributed by atoms with E-state index in [-0.39, 0.29) is 0 Å². The zero-order valence-corrected chi connectivity index (χ0v) is 9.14. The summed E-state index contributed by atoms with van der Waals surface area (Å²) in [5.41, 5.74) is 3.74. The van der Waals surface area contributed by atoms with Crippen molar-refractivity contribution in [2.24, 2.45) is 0 Å². The number of hydrogen-bond acceptors (Lipinski definition) is 1. The minimum Gasteiger partial charge on any atom is -0.389 e. The molecule has 0 atom stereocenters. The van der Waals surface area contributed by atoms with Gasteiger partial charge in [0.1, 0.15) is 0 Å². The summed E-state index contributed by atoms with van der Waals surface area (Å²) >= 11 is 0. The molecule has 0 aliphatic carbocycles. The maximum Gasteiger partial charge on any atom is 0.0141 e. The van der Waals surface area contributed by atoms with E-state index >= 15 is 0 Å². The van der Waals surface area contributed by atoms with Crippen molar-refractivity contribution in [3.8, 4) is 0 Å². The Balaban J connectivity index is 2.44. The highest BCUT2D eigenvalue weighted by molar-refractivity contribution is 5.24. The molecule has 0 amide bonds. The van der Waals surface area contributed by atoms with Gasteiger partial charge < -0.3 is 5.32 Å².